The predicted octanol–water partition coefficient (Wildman–Crippen LogP) is 7.28. The van der Waals surface area contributed by atoms with E-state index in [9.17, 15) is 0 Å². The molecule has 0 atom stereocenters. The highest BCUT2D eigenvalue weighted by atomic mass is 16.5. The molecule has 0 bridgehead atoms. The third kappa shape index (κ3) is 2.90. The van der Waals surface area contributed by atoms with Gasteiger partial charge in [-0.2, -0.15) is 0 Å². The van der Waals surface area contributed by atoms with Crippen LogP contribution in [-0.4, -0.2) is 17.1 Å². The Hall–Kier alpha value is -4.24. The molecule has 0 spiro atoms. The van der Waals surface area contributed by atoms with Gasteiger partial charge in [0.05, 0.1) is 7.11 Å². The van der Waals surface area contributed by atoms with Crippen molar-refractivity contribution in [2.75, 3.05) is 7.11 Å². The second-order valence-corrected chi connectivity index (χ2v) is 7.84. The van der Waals surface area contributed by atoms with Gasteiger partial charge in [-0.3, -0.25) is 0 Å². The van der Waals surface area contributed by atoms with Crippen molar-refractivity contribution >= 4 is 32.6 Å². The molecule has 152 valence electrons. The van der Waals surface area contributed by atoms with Crippen molar-refractivity contribution in [3.8, 4) is 28.0 Å². The third-order valence-electron chi connectivity index (χ3n) is 6.05. The first kappa shape index (κ1) is 18.5. The molecule has 32 heavy (non-hydrogen) atoms. The molecule has 3 heteroatoms. The summed E-state index contributed by atoms with van der Waals surface area (Å²) in [7, 11) is 1.70. The zero-order valence-corrected chi connectivity index (χ0v) is 17.6. The lowest BCUT2D eigenvalue weighted by atomic mass is 9.86. The van der Waals surface area contributed by atoms with Crippen molar-refractivity contribution in [1.29, 1.82) is 0 Å². The van der Waals surface area contributed by atoms with E-state index in [-0.39, 0.29) is 0 Å². The number of rotatable bonds is 3. The second-order valence-electron chi connectivity index (χ2n) is 7.84. The Kier molecular flexibility index (Phi) is 4.32. The van der Waals surface area contributed by atoms with Crippen LogP contribution in [0.15, 0.2) is 103 Å². The Balaban J connectivity index is 1.73. The summed E-state index contributed by atoms with van der Waals surface area (Å²) in [6.45, 7) is 0. The summed E-state index contributed by atoms with van der Waals surface area (Å²) in [6, 6.07) is 31.8. The molecule has 4 aromatic carbocycles. The minimum Gasteiger partial charge on any atom is -0.497 e. The zero-order chi connectivity index (χ0) is 21.5. The molecule has 6 aromatic rings. The van der Waals surface area contributed by atoms with E-state index in [0.29, 0.717) is 0 Å². The summed E-state index contributed by atoms with van der Waals surface area (Å²) in [4.78, 5) is 9.03. The fourth-order valence-corrected chi connectivity index (χ4v) is 4.61. The van der Waals surface area contributed by atoms with E-state index in [1.165, 1.54) is 38.2 Å². The summed E-state index contributed by atoms with van der Waals surface area (Å²) in [6.07, 6.45) is 3.72. The van der Waals surface area contributed by atoms with Crippen LogP contribution in [0.4, 0.5) is 0 Å². The molecular formula is C29H20N2O. The van der Waals surface area contributed by atoms with Gasteiger partial charge in [-0.25, -0.2) is 9.97 Å². The fourth-order valence-electron chi connectivity index (χ4n) is 4.61. The van der Waals surface area contributed by atoms with Crippen LogP contribution in [0.3, 0.4) is 0 Å². The van der Waals surface area contributed by atoms with Crippen molar-refractivity contribution < 1.29 is 4.74 Å². The smallest absolute Gasteiger partial charge is 0.159 e. The molecule has 0 aliphatic carbocycles. The number of pyridine rings is 2. The van der Waals surface area contributed by atoms with Gasteiger partial charge in [-0.05, 0) is 68.6 Å². The molecule has 6 rings (SSSR count). The molecule has 0 saturated heterocycles. The van der Waals surface area contributed by atoms with Crippen LogP contribution >= 0.6 is 0 Å². The first-order valence-electron chi connectivity index (χ1n) is 10.6. The summed E-state index contributed by atoms with van der Waals surface area (Å²) in [5, 5.41) is 5.90. The molecule has 0 aliphatic heterocycles. The van der Waals surface area contributed by atoms with E-state index in [1.54, 1.807) is 13.3 Å². The Bertz CT molecular complexity index is 1550. The molecule has 0 amide bonds. The molecule has 2 aromatic heterocycles. The third-order valence-corrected chi connectivity index (χ3v) is 6.05. The fraction of sp³-hybridized carbons (Fsp3) is 0.0345. The largest absolute Gasteiger partial charge is 0.497 e. The maximum absolute atomic E-state index is 5.38. The van der Waals surface area contributed by atoms with Crippen molar-refractivity contribution in [1.82, 2.24) is 9.97 Å². The number of fused-ring (bicyclic) bond motifs is 3. The molecular weight excluding hydrogens is 392 g/mol. The van der Waals surface area contributed by atoms with Gasteiger partial charge in [-0.1, -0.05) is 60.7 Å². The molecule has 0 fully saturated rings. The van der Waals surface area contributed by atoms with E-state index in [0.717, 1.165) is 22.3 Å². The first-order valence-corrected chi connectivity index (χ1v) is 10.6. The average molecular weight is 412 g/mol. The summed E-state index contributed by atoms with van der Waals surface area (Å²) >= 11 is 0. The number of aromatic nitrogens is 2. The van der Waals surface area contributed by atoms with E-state index in [2.05, 4.69) is 82.8 Å². The highest BCUT2D eigenvalue weighted by molar-refractivity contribution is 6.21. The van der Waals surface area contributed by atoms with Gasteiger partial charge in [0.1, 0.15) is 5.75 Å². The topological polar surface area (TPSA) is 35.0 Å². The van der Waals surface area contributed by atoms with Gasteiger partial charge in [0.25, 0.3) is 0 Å². The van der Waals surface area contributed by atoms with Crippen LogP contribution in [0.1, 0.15) is 0 Å². The van der Waals surface area contributed by atoms with Crippen LogP contribution < -0.4 is 4.74 Å². The molecule has 0 saturated carbocycles. The normalized spacial score (nSPS) is 11.3. The van der Waals surface area contributed by atoms with Crippen LogP contribution in [0.5, 0.6) is 5.75 Å². The van der Waals surface area contributed by atoms with Crippen molar-refractivity contribution in [2.45, 2.75) is 0 Å². The number of methoxy groups -OCH3 is 1. The highest BCUT2D eigenvalue weighted by Crippen LogP contribution is 2.43. The van der Waals surface area contributed by atoms with Gasteiger partial charge in [0.15, 0.2) is 5.65 Å². The maximum atomic E-state index is 5.38. The molecule has 0 unspecified atom stereocenters. The Morgan fingerprint density at radius 3 is 1.78 bits per heavy atom. The highest BCUT2D eigenvalue weighted by Gasteiger charge is 2.16. The lowest BCUT2D eigenvalue weighted by Gasteiger charge is -2.17. The van der Waals surface area contributed by atoms with E-state index < -0.39 is 0 Å². The van der Waals surface area contributed by atoms with Gasteiger partial charge >= 0.3 is 0 Å². The standard InChI is InChI=1S/C29H20N2O/c1-32-22-14-12-19(13-15-22)27-23-8-2-4-10-25(23)28(26-11-5-3-9-24(26)27)21-17-20-7-6-16-30-29(20)31-18-21/h2-18H,1H3. The number of hydrogen-bond donors (Lipinski definition) is 0. The number of hydrogen-bond acceptors (Lipinski definition) is 3. The van der Waals surface area contributed by atoms with Crippen LogP contribution in [0.25, 0.3) is 54.8 Å². The minimum atomic E-state index is 0.764. The monoisotopic (exact) mass is 412 g/mol. The quantitative estimate of drug-likeness (QED) is 0.287. The number of nitrogens with zero attached hydrogens (tertiary/aromatic N) is 2. The molecule has 0 N–H and O–H groups in total. The van der Waals surface area contributed by atoms with Crippen LogP contribution in [-0.2, 0) is 0 Å². The molecule has 3 nitrogen and oxygen atoms in total. The summed E-state index contributed by atoms with van der Waals surface area (Å²) in [5.74, 6) is 0.856. The second kappa shape index (κ2) is 7.47. The van der Waals surface area contributed by atoms with E-state index in [4.69, 9.17) is 4.74 Å². The van der Waals surface area contributed by atoms with E-state index >= 15 is 0 Å². The number of benzene rings is 4. The first-order chi connectivity index (χ1) is 15.8. The molecule has 2 heterocycles. The van der Waals surface area contributed by atoms with Crippen molar-refractivity contribution in [3.05, 3.63) is 103 Å². The lowest BCUT2D eigenvalue weighted by molar-refractivity contribution is 0.415. The molecule has 0 radical (unpaired) electrons. The van der Waals surface area contributed by atoms with Crippen molar-refractivity contribution in [2.24, 2.45) is 0 Å². The molecule has 0 aliphatic rings. The van der Waals surface area contributed by atoms with E-state index in [1.807, 2.05) is 24.4 Å². The zero-order valence-electron chi connectivity index (χ0n) is 17.6. The Morgan fingerprint density at radius 1 is 0.594 bits per heavy atom. The van der Waals surface area contributed by atoms with Gasteiger partial charge in [-0.15, -0.1) is 0 Å². The Morgan fingerprint density at radius 2 is 1.19 bits per heavy atom. The van der Waals surface area contributed by atoms with Gasteiger partial charge < -0.3 is 4.74 Å². The van der Waals surface area contributed by atoms with Gasteiger partial charge in [0, 0.05) is 23.3 Å². The Labute approximate surface area is 186 Å². The van der Waals surface area contributed by atoms with Crippen LogP contribution in [0.2, 0.25) is 0 Å². The predicted molar refractivity (Wildman–Crippen MR) is 132 cm³/mol. The SMILES string of the molecule is COc1ccc(-c2c3ccccc3c(-c3cnc4ncccc4c3)c3ccccc23)cc1. The average Bonchev–Trinajstić information content (AvgIpc) is 2.87. The maximum Gasteiger partial charge on any atom is 0.159 e. The summed E-state index contributed by atoms with van der Waals surface area (Å²) in [5.41, 5.74) is 5.47. The summed E-state index contributed by atoms with van der Waals surface area (Å²) < 4.78 is 5.38. The van der Waals surface area contributed by atoms with Crippen LogP contribution in [0, 0.1) is 0 Å². The van der Waals surface area contributed by atoms with Gasteiger partial charge in [0.2, 0.25) is 0 Å². The number of ether oxygens (including phenoxy) is 1. The van der Waals surface area contributed by atoms with Crippen molar-refractivity contribution in [3.63, 3.8) is 0 Å². The lowest BCUT2D eigenvalue weighted by Crippen LogP contribution is -1.92. The minimum absolute atomic E-state index is 0.764.